The number of halogens is 2. The van der Waals surface area contributed by atoms with Gasteiger partial charge in [0.15, 0.2) is 6.19 Å². The third-order valence-corrected chi connectivity index (χ3v) is 6.13. The number of guanidine groups is 1. The average molecular weight is 442 g/mol. The smallest absolute Gasteiger partial charge is 0.228 e. The van der Waals surface area contributed by atoms with Crippen LogP contribution in [0.25, 0.3) is 0 Å². The number of hydrogen-bond donors (Lipinski definition) is 1. The number of nitrogens with zero attached hydrogens (tertiary/aromatic N) is 5. The van der Waals surface area contributed by atoms with Gasteiger partial charge in [0.25, 0.3) is 0 Å². The molecule has 1 fully saturated rings. The molecule has 0 radical (unpaired) electrons. The van der Waals surface area contributed by atoms with Crippen molar-refractivity contribution in [3.63, 3.8) is 0 Å². The minimum Gasteiger partial charge on any atom is -0.332 e. The lowest BCUT2D eigenvalue weighted by atomic mass is 10.0. The quantitative estimate of drug-likeness (QED) is 0.334. The van der Waals surface area contributed by atoms with Gasteiger partial charge in [0.2, 0.25) is 11.9 Å². The minimum atomic E-state index is -0.748. The number of amides is 1. The summed E-state index contributed by atoms with van der Waals surface area (Å²) in [4.78, 5) is 19.7. The molecule has 31 heavy (non-hydrogen) atoms. The van der Waals surface area contributed by atoms with E-state index in [1.807, 2.05) is 23.7 Å². The van der Waals surface area contributed by atoms with Crippen molar-refractivity contribution in [1.82, 2.24) is 15.2 Å². The van der Waals surface area contributed by atoms with Crippen LogP contribution in [0.3, 0.4) is 0 Å². The van der Waals surface area contributed by atoms with Gasteiger partial charge in [-0.2, -0.15) is 10.4 Å². The van der Waals surface area contributed by atoms with E-state index < -0.39 is 17.7 Å². The molecular weight excluding hydrogens is 422 g/mol. The fourth-order valence-corrected chi connectivity index (χ4v) is 4.46. The second-order valence-electron chi connectivity index (χ2n) is 7.17. The Morgan fingerprint density at radius 3 is 2.94 bits per heavy atom. The SMILES string of the molecule is N#CNC(=NCCc1cccs1)N1CC(N2CCCC2=O)C(c2ccc(F)cc2F)=N1. The molecule has 1 saturated heterocycles. The van der Waals surface area contributed by atoms with Gasteiger partial charge in [-0.05, 0) is 30.0 Å². The third kappa shape index (κ3) is 4.56. The average Bonchev–Trinajstić information content (AvgIpc) is 3.48. The Morgan fingerprint density at radius 2 is 2.26 bits per heavy atom. The van der Waals surface area contributed by atoms with E-state index >= 15 is 0 Å². The third-order valence-electron chi connectivity index (χ3n) is 5.20. The second kappa shape index (κ2) is 9.22. The first-order valence-electron chi connectivity index (χ1n) is 9.89. The first-order valence-corrected chi connectivity index (χ1v) is 10.8. The number of hydrazone groups is 1. The number of likely N-dealkylation sites (tertiary alicyclic amines) is 1. The van der Waals surface area contributed by atoms with Crippen molar-refractivity contribution in [3.8, 4) is 6.19 Å². The number of carbonyl (C=O) groups is 1. The highest BCUT2D eigenvalue weighted by Crippen LogP contribution is 2.25. The molecule has 1 aromatic carbocycles. The zero-order valence-corrected chi connectivity index (χ0v) is 17.4. The van der Waals surface area contributed by atoms with Crippen molar-refractivity contribution in [2.45, 2.75) is 25.3 Å². The molecule has 4 rings (SSSR count). The summed E-state index contributed by atoms with van der Waals surface area (Å²) < 4.78 is 28.0. The molecule has 0 saturated carbocycles. The van der Waals surface area contributed by atoms with Gasteiger partial charge in [-0.1, -0.05) is 6.07 Å². The van der Waals surface area contributed by atoms with E-state index in [4.69, 9.17) is 0 Å². The number of hydrogen-bond acceptors (Lipinski definition) is 5. The van der Waals surface area contributed by atoms with Crippen molar-refractivity contribution < 1.29 is 13.6 Å². The van der Waals surface area contributed by atoms with Crippen LogP contribution >= 0.6 is 11.3 Å². The Balaban J connectivity index is 1.63. The Labute approximate surface area is 182 Å². The van der Waals surface area contributed by atoms with Gasteiger partial charge in [0.05, 0.1) is 18.3 Å². The van der Waals surface area contributed by atoms with E-state index in [0.29, 0.717) is 38.1 Å². The van der Waals surface area contributed by atoms with E-state index in [1.54, 1.807) is 16.2 Å². The van der Waals surface area contributed by atoms with E-state index in [-0.39, 0.29) is 24.0 Å². The summed E-state index contributed by atoms with van der Waals surface area (Å²) in [6, 6.07) is 6.74. The molecule has 1 amide bonds. The van der Waals surface area contributed by atoms with Crippen LogP contribution in [-0.2, 0) is 11.2 Å². The molecule has 2 aliphatic heterocycles. The molecule has 2 aliphatic rings. The molecule has 1 N–H and O–H groups in total. The van der Waals surface area contributed by atoms with Crippen LogP contribution in [0.2, 0.25) is 0 Å². The summed E-state index contributed by atoms with van der Waals surface area (Å²) in [5.41, 5.74) is 0.446. The molecule has 1 aromatic heterocycles. The Bertz CT molecular complexity index is 1060. The summed E-state index contributed by atoms with van der Waals surface area (Å²) in [6.07, 6.45) is 3.71. The van der Waals surface area contributed by atoms with Crippen LogP contribution in [0, 0.1) is 23.1 Å². The van der Waals surface area contributed by atoms with Gasteiger partial charge in [-0.15, -0.1) is 11.3 Å². The Hall–Kier alpha value is -3.32. The maximum absolute atomic E-state index is 14.6. The first kappa shape index (κ1) is 20.9. The number of nitriles is 1. The number of benzene rings is 1. The van der Waals surface area contributed by atoms with Crippen LogP contribution < -0.4 is 5.32 Å². The molecule has 0 bridgehead atoms. The van der Waals surface area contributed by atoms with E-state index in [9.17, 15) is 18.8 Å². The molecule has 160 valence electrons. The molecule has 0 aliphatic carbocycles. The maximum Gasteiger partial charge on any atom is 0.228 e. The van der Waals surface area contributed by atoms with E-state index in [0.717, 1.165) is 12.1 Å². The standard InChI is InChI=1S/C21H20F2N6OS/c22-14-5-6-16(17(23)11-14)20-18(28-9-1-4-19(28)30)12-29(27-20)21(26-13-24)25-8-7-15-3-2-10-31-15/h2-3,5-6,10-11,18H,1,4,7-9,12H2,(H,25,26). The molecule has 0 spiro atoms. The molecular formula is C21H20F2N6OS. The lowest BCUT2D eigenvalue weighted by Crippen LogP contribution is -2.46. The summed E-state index contributed by atoms with van der Waals surface area (Å²) in [6.45, 7) is 1.20. The second-order valence-corrected chi connectivity index (χ2v) is 8.20. The van der Waals surface area contributed by atoms with Gasteiger partial charge in [0, 0.05) is 42.4 Å². The number of aliphatic imine (C=N–C) groups is 1. The maximum atomic E-state index is 14.6. The van der Waals surface area contributed by atoms with Gasteiger partial charge >= 0.3 is 0 Å². The monoisotopic (exact) mass is 442 g/mol. The zero-order chi connectivity index (χ0) is 21.8. The van der Waals surface area contributed by atoms with Crippen molar-refractivity contribution >= 4 is 28.9 Å². The van der Waals surface area contributed by atoms with Gasteiger partial charge < -0.3 is 4.90 Å². The van der Waals surface area contributed by atoms with Crippen LogP contribution in [0.4, 0.5) is 8.78 Å². The van der Waals surface area contributed by atoms with Crippen molar-refractivity contribution in [1.29, 1.82) is 5.26 Å². The van der Waals surface area contributed by atoms with E-state index in [2.05, 4.69) is 15.4 Å². The Morgan fingerprint density at radius 1 is 1.39 bits per heavy atom. The summed E-state index contributed by atoms with van der Waals surface area (Å²) in [5, 5.41) is 19.7. The fourth-order valence-electron chi connectivity index (χ4n) is 3.76. The summed E-state index contributed by atoms with van der Waals surface area (Å²) >= 11 is 1.63. The first-order chi connectivity index (χ1) is 15.1. The molecule has 1 unspecified atom stereocenters. The van der Waals surface area contributed by atoms with Gasteiger partial charge in [-0.25, -0.2) is 13.8 Å². The van der Waals surface area contributed by atoms with E-state index in [1.165, 1.54) is 16.0 Å². The fraction of sp³-hybridized carbons (Fsp3) is 0.333. The minimum absolute atomic E-state index is 0.0357. The largest absolute Gasteiger partial charge is 0.332 e. The number of carbonyl (C=O) groups excluding carboxylic acids is 1. The predicted octanol–water partition coefficient (Wildman–Crippen LogP) is 2.71. The highest BCUT2D eigenvalue weighted by atomic mass is 32.1. The molecule has 7 nitrogen and oxygen atoms in total. The predicted molar refractivity (Wildman–Crippen MR) is 113 cm³/mol. The van der Waals surface area contributed by atoms with Crippen molar-refractivity contribution in [3.05, 3.63) is 57.8 Å². The van der Waals surface area contributed by atoms with Crippen LogP contribution in [0.15, 0.2) is 45.8 Å². The number of nitrogens with one attached hydrogen (secondary N) is 1. The van der Waals surface area contributed by atoms with Gasteiger partial charge in [-0.3, -0.25) is 15.1 Å². The van der Waals surface area contributed by atoms with Crippen molar-refractivity contribution in [2.75, 3.05) is 19.6 Å². The molecule has 3 heterocycles. The molecule has 1 atom stereocenters. The number of thiophene rings is 1. The van der Waals surface area contributed by atoms with Gasteiger partial charge in [0.1, 0.15) is 11.6 Å². The topological polar surface area (TPSA) is 84.1 Å². The Kier molecular flexibility index (Phi) is 6.23. The van der Waals surface area contributed by atoms with Crippen LogP contribution in [-0.4, -0.2) is 53.2 Å². The lowest BCUT2D eigenvalue weighted by molar-refractivity contribution is -0.128. The highest BCUT2D eigenvalue weighted by molar-refractivity contribution is 7.09. The summed E-state index contributed by atoms with van der Waals surface area (Å²) in [5.74, 6) is -1.24. The van der Waals surface area contributed by atoms with Crippen LogP contribution in [0.5, 0.6) is 0 Å². The normalized spacial score (nSPS) is 19.0. The molecule has 2 aromatic rings. The van der Waals surface area contributed by atoms with Crippen LogP contribution in [0.1, 0.15) is 23.3 Å². The zero-order valence-electron chi connectivity index (χ0n) is 16.6. The molecule has 10 heteroatoms. The highest BCUT2D eigenvalue weighted by Gasteiger charge is 2.39. The number of rotatable bonds is 5. The van der Waals surface area contributed by atoms with Crippen molar-refractivity contribution in [2.24, 2.45) is 10.1 Å². The lowest BCUT2D eigenvalue weighted by Gasteiger charge is -2.25. The summed E-state index contributed by atoms with van der Waals surface area (Å²) in [7, 11) is 0.